The molecule has 0 saturated heterocycles. The maximum atomic E-state index is 11.0. The first-order valence-corrected chi connectivity index (χ1v) is 4.89. The second-order valence-electron chi connectivity index (χ2n) is 2.38. The van der Waals surface area contributed by atoms with Crippen molar-refractivity contribution < 1.29 is 4.79 Å². The van der Waals surface area contributed by atoms with Gasteiger partial charge in [0.1, 0.15) is 6.04 Å². The Bertz CT molecular complexity index is 310. The van der Waals surface area contributed by atoms with E-state index in [2.05, 4.69) is 41.9 Å². The number of carbonyl (C=O) groups excluding carboxylic acids is 1. The Morgan fingerprint density at radius 3 is 2.50 bits per heavy atom. The quantitative estimate of drug-likeness (QED) is 0.838. The van der Waals surface area contributed by atoms with Crippen molar-refractivity contribution in [3.8, 4) is 0 Å². The Labute approximate surface area is 86.6 Å². The molecular weight excluding hydrogens is 290 g/mol. The van der Waals surface area contributed by atoms with Gasteiger partial charge >= 0.3 is 0 Å². The van der Waals surface area contributed by atoms with Crippen LogP contribution in [0.25, 0.3) is 0 Å². The van der Waals surface area contributed by atoms with Gasteiger partial charge in [0.2, 0.25) is 4.73 Å². The fourth-order valence-electron chi connectivity index (χ4n) is 0.698. The lowest BCUT2D eigenvalue weighted by Crippen LogP contribution is -2.14. The van der Waals surface area contributed by atoms with Gasteiger partial charge in [0.05, 0.1) is 0 Å². The van der Waals surface area contributed by atoms with Crippen molar-refractivity contribution >= 4 is 37.6 Å². The summed E-state index contributed by atoms with van der Waals surface area (Å²) in [6.45, 7) is 3.29. The summed E-state index contributed by atoms with van der Waals surface area (Å²) < 4.78 is 2.55. The molecule has 66 valence electrons. The molecule has 0 fully saturated rings. The van der Waals surface area contributed by atoms with Crippen LogP contribution >= 0.6 is 31.9 Å². The molecule has 6 heteroatoms. The summed E-state index contributed by atoms with van der Waals surface area (Å²) in [5.74, 6) is 0.0492. The molecule has 0 aliphatic rings. The predicted molar refractivity (Wildman–Crippen MR) is 50.8 cm³/mol. The van der Waals surface area contributed by atoms with Crippen LogP contribution in [-0.4, -0.2) is 20.5 Å². The van der Waals surface area contributed by atoms with Crippen LogP contribution in [0.2, 0.25) is 0 Å². The summed E-state index contributed by atoms with van der Waals surface area (Å²) in [5.41, 5.74) is 0. The van der Waals surface area contributed by atoms with Gasteiger partial charge in [-0.2, -0.15) is 4.98 Å². The Kier molecular flexibility index (Phi) is 3.00. The molecule has 0 saturated carbocycles. The summed E-state index contributed by atoms with van der Waals surface area (Å²) in [6.07, 6.45) is 0. The van der Waals surface area contributed by atoms with Crippen molar-refractivity contribution in [3.05, 3.63) is 9.47 Å². The van der Waals surface area contributed by atoms with Gasteiger partial charge in [-0.1, -0.05) is 0 Å². The fourth-order valence-corrected chi connectivity index (χ4v) is 1.83. The third kappa shape index (κ3) is 1.92. The Balaban J connectivity index is 3.02. The summed E-state index contributed by atoms with van der Waals surface area (Å²) in [6, 6.07) is -0.279. The van der Waals surface area contributed by atoms with Gasteiger partial charge in [-0.25, -0.2) is 4.68 Å². The number of hydrogen-bond donors (Lipinski definition) is 0. The highest BCUT2D eigenvalue weighted by molar-refractivity contribution is 9.11. The normalized spacial score (nSPS) is 13.0. The molecule has 0 N–H and O–H groups in total. The van der Waals surface area contributed by atoms with Crippen molar-refractivity contribution in [1.82, 2.24) is 14.8 Å². The first-order chi connectivity index (χ1) is 5.52. The molecule has 12 heavy (non-hydrogen) atoms. The lowest BCUT2D eigenvalue weighted by molar-refractivity contribution is -0.119. The number of ketones is 1. The second kappa shape index (κ2) is 3.66. The van der Waals surface area contributed by atoms with Crippen molar-refractivity contribution in [2.24, 2.45) is 0 Å². The zero-order chi connectivity index (χ0) is 9.30. The lowest BCUT2D eigenvalue weighted by atomic mass is 10.2. The van der Waals surface area contributed by atoms with E-state index in [1.54, 1.807) is 6.92 Å². The van der Waals surface area contributed by atoms with E-state index in [1.165, 1.54) is 11.6 Å². The topological polar surface area (TPSA) is 47.8 Å². The van der Waals surface area contributed by atoms with Crippen LogP contribution in [0.15, 0.2) is 9.47 Å². The predicted octanol–water partition coefficient (Wildman–Crippen LogP) is 1.95. The van der Waals surface area contributed by atoms with Gasteiger partial charge in [-0.15, -0.1) is 5.10 Å². The molecule has 1 aromatic heterocycles. The maximum Gasteiger partial charge on any atom is 0.218 e. The number of rotatable bonds is 2. The average Bonchev–Trinajstić information content (AvgIpc) is 2.28. The van der Waals surface area contributed by atoms with E-state index in [-0.39, 0.29) is 11.8 Å². The zero-order valence-corrected chi connectivity index (χ0v) is 9.76. The lowest BCUT2D eigenvalue weighted by Gasteiger charge is -2.07. The van der Waals surface area contributed by atoms with Gasteiger partial charge in [0.25, 0.3) is 0 Å². The SMILES string of the molecule is CC(=O)[C@@H](C)n1nc(Br)nc1Br. The van der Waals surface area contributed by atoms with Gasteiger partial charge in [-0.05, 0) is 45.7 Å². The first kappa shape index (κ1) is 9.85. The molecule has 0 amide bonds. The highest BCUT2D eigenvalue weighted by atomic mass is 79.9. The van der Waals surface area contributed by atoms with Crippen LogP contribution in [-0.2, 0) is 4.79 Å². The molecule has 0 spiro atoms. The van der Waals surface area contributed by atoms with Crippen LogP contribution in [0.1, 0.15) is 19.9 Å². The summed E-state index contributed by atoms with van der Waals surface area (Å²) in [7, 11) is 0. The Morgan fingerprint density at radius 1 is 1.58 bits per heavy atom. The standard InChI is InChI=1S/C6H7Br2N3O/c1-3(4(2)12)11-6(8)9-5(7)10-11/h3H,1-2H3/t3-/m1/s1. The minimum Gasteiger partial charge on any atom is -0.298 e. The molecule has 1 rings (SSSR count). The number of hydrogen-bond acceptors (Lipinski definition) is 3. The average molecular weight is 297 g/mol. The Hall–Kier alpha value is -0.230. The molecule has 1 aromatic rings. The smallest absolute Gasteiger partial charge is 0.218 e. The van der Waals surface area contributed by atoms with E-state index < -0.39 is 0 Å². The number of Topliss-reactive ketones (excluding diaryl/α,β-unsaturated/α-hetero) is 1. The number of carbonyl (C=O) groups is 1. The molecule has 0 unspecified atom stereocenters. The Morgan fingerprint density at radius 2 is 2.17 bits per heavy atom. The number of nitrogens with zero attached hydrogens (tertiary/aromatic N) is 3. The van der Waals surface area contributed by atoms with Crippen molar-refractivity contribution in [3.63, 3.8) is 0 Å². The van der Waals surface area contributed by atoms with Crippen LogP contribution in [0.3, 0.4) is 0 Å². The van der Waals surface area contributed by atoms with Crippen LogP contribution in [0.5, 0.6) is 0 Å². The summed E-state index contributed by atoms with van der Waals surface area (Å²) in [4.78, 5) is 14.9. The number of aromatic nitrogens is 3. The largest absolute Gasteiger partial charge is 0.298 e. The highest BCUT2D eigenvalue weighted by Crippen LogP contribution is 2.16. The second-order valence-corrected chi connectivity index (χ2v) is 3.80. The van der Waals surface area contributed by atoms with E-state index in [9.17, 15) is 4.79 Å². The number of halogens is 2. The van der Waals surface area contributed by atoms with Crippen LogP contribution in [0, 0.1) is 0 Å². The minimum atomic E-state index is -0.279. The van der Waals surface area contributed by atoms with Crippen molar-refractivity contribution in [2.75, 3.05) is 0 Å². The van der Waals surface area contributed by atoms with Gasteiger partial charge in [-0.3, -0.25) is 4.79 Å². The first-order valence-electron chi connectivity index (χ1n) is 3.30. The molecule has 0 aromatic carbocycles. The molecular formula is C6H7Br2N3O. The van der Waals surface area contributed by atoms with E-state index in [0.717, 1.165) is 0 Å². The summed E-state index contributed by atoms with van der Waals surface area (Å²) >= 11 is 6.31. The summed E-state index contributed by atoms with van der Waals surface area (Å²) in [5, 5.41) is 3.99. The van der Waals surface area contributed by atoms with E-state index in [4.69, 9.17) is 0 Å². The van der Waals surface area contributed by atoms with Crippen molar-refractivity contribution in [1.29, 1.82) is 0 Å². The zero-order valence-electron chi connectivity index (χ0n) is 6.58. The van der Waals surface area contributed by atoms with Gasteiger partial charge < -0.3 is 0 Å². The third-order valence-electron chi connectivity index (χ3n) is 1.52. The van der Waals surface area contributed by atoms with Gasteiger partial charge in [0, 0.05) is 0 Å². The third-order valence-corrected chi connectivity index (χ3v) is 2.40. The molecule has 1 heterocycles. The van der Waals surface area contributed by atoms with E-state index >= 15 is 0 Å². The maximum absolute atomic E-state index is 11.0. The minimum absolute atomic E-state index is 0.0492. The molecule has 0 aliphatic heterocycles. The van der Waals surface area contributed by atoms with E-state index in [1.807, 2.05) is 0 Å². The molecule has 4 nitrogen and oxygen atoms in total. The van der Waals surface area contributed by atoms with Crippen molar-refractivity contribution in [2.45, 2.75) is 19.9 Å². The van der Waals surface area contributed by atoms with Gasteiger partial charge in [0.15, 0.2) is 10.5 Å². The molecule has 0 bridgehead atoms. The van der Waals surface area contributed by atoms with Crippen LogP contribution in [0.4, 0.5) is 0 Å². The van der Waals surface area contributed by atoms with E-state index in [0.29, 0.717) is 9.47 Å². The fraction of sp³-hybridized carbons (Fsp3) is 0.500. The van der Waals surface area contributed by atoms with Crippen LogP contribution < -0.4 is 0 Å². The monoisotopic (exact) mass is 295 g/mol. The molecule has 0 radical (unpaired) electrons. The molecule has 1 atom stereocenters. The molecule has 0 aliphatic carbocycles. The highest BCUT2D eigenvalue weighted by Gasteiger charge is 2.15.